The standard InChI is InChI=1S/C15H13N5O4S2/c1-25-15-16-18-19-20(15)12-4-2-3-11(9-12)17-26(23,24)13-7-5-10(6-8-13)14(21)22/h2-9,17H,1H3,(H,21,22). The molecule has 0 bridgehead atoms. The van der Waals surface area contributed by atoms with E-state index in [9.17, 15) is 13.2 Å². The van der Waals surface area contributed by atoms with Gasteiger partial charge in [0.25, 0.3) is 10.0 Å². The molecule has 1 heterocycles. The number of carbonyl (C=O) groups is 1. The zero-order valence-corrected chi connectivity index (χ0v) is 15.0. The number of carboxylic acid groups (broad SMARTS) is 1. The number of benzene rings is 2. The number of rotatable bonds is 6. The molecule has 2 N–H and O–H groups in total. The minimum Gasteiger partial charge on any atom is -0.478 e. The first-order chi connectivity index (χ1) is 12.4. The Labute approximate surface area is 153 Å². The van der Waals surface area contributed by atoms with Gasteiger partial charge in [-0.1, -0.05) is 17.8 Å². The molecule has 2 aromatic carbocycles. The molecule has 0 radical (unpaired) electrons. The molecule has 0 unspecified atom stereocenters. The first-order valence-electron chi connectivity index (χ1n) is 7.20. The second-order valence-corrected chi connectivity index (χ2v) is 7.52. The van der Waals surface area contributed by atoms with Crippen molar-refractivity contribution in [3.05, 3.63) is 54.1 Å². The molecule has 3 rings (SSSR count). The van der Waals surface area contributed by atoms with E-state index in [0.717, 1.165) is 0 Å². The van der Waals surface area contributed by atoms with Gasteiger partial charge in [0.2, 0.25) is 5.16 Å². The fraction of sp³-hybridized carbons (Fsp3) is 0.0667. The Morgan fingerprint density at radius 2 is 1.92 bits per heavy atom. The van der Waals surface area contributed by atoms with Crippen molar-refractivity contribution in [1.29, 1.82) is 0 Å². The Kier molecular flexibility index (Phi) is 4.91. The third-order valence-corrected chi connectivity index (χ3v) is 5.39. The molecular weight excluding hydrogens is 378 g/mol. The van der Waals surface area contributed by atoms with Crippen molar-refractivity contribution < 1.29 is 18.3 Å². The van der Waals surface area contributed by atoms with Crippen molar-refractivity contribution in [2.45, 2.75) is 10.1 Å². The molecule has 11 heteroatoms. The maximum Gasteiger partial charge on any atom is 0.335 e. The smallest absolute Gasteiger partial charge is 0.335 e. The zero-order chi connectivity index (χ0) is 18.7. The molecule has 0 saturated heterocycles. The predicted octanol–water partition coefficient (Wildman–Crippen LogP) is 1.88. The summed E-state index contributed by atoms with van der Waals surface area (Å²) in [5.74, 6) is -1.12. The highest BCUT2D eigenvalue weighted by Gasteiger charge is 2.16. The van der Waals surface area contributed by atoms with Crippen LogP contribution in [0.4, 0.5) is 5.69 Å². The van der Waals surface area contributed by atoms with Crippen LogP contribution in [0.2, 0.25) is 0 Å². The topological polar surface area (TPSA) is 127 Å². The fourth-order valence-corrected chi connectivity index (χ4v) is 3.64. The summed E-state index contributed by atoms with van der Waals surface area (Å²) >= 11 is 1.36. The summed E-state index contributed by atoms with van der Waals surface area (Å²) in [7, 11) is -3.87. The SMILES string of the molecule is CSc1nnnn1-c1cccc(NS(=O)(=O)c2ccc(C(=O)O)cc2)c1. The van der Waals surface area contributed by atoms with Gasteiger partial charge in [-0.05, 0) is 59.1 Å². The summed E-state index contributed by atoms with van der Waals surface area (Å²) in [5.41, 5.74) is 0.933. The monoisotopic (exact) mass is 391 g/mol. The lowest BCUT2D eigenvalue weighted by Gasteiger charge is -2.10. The minimum absolute atomic E-state index is 0.00854. The van der Waals surface area contributed by atoms with Crippen molar-refractivity contribution in [3.8, 4) is 5.69 Å². The Bertz CT molecular complexity index is 1050. The number of nitrogens with one attached hydrogen (secondary N) is 1. The summed E-state index contributed by atoms with van der Waals surface area (Å²) in [4.78, 5) is 10.8. The van der Waals surface area contributed by atoms with Crippen LogP contribution in [0.5, 0.6) is 0 Å². The van der Waals surface area contributed by atoms with E-state index < -0.39 is 16.0 Å². The quantitative estimate of drug-likeness (QED) is 0.610. The Morgan fingerprint density at radius 3 is 2.58 bits per heavy atom. The van der Waals surface area contributed by atoms with Crippen LogP contribution in [-0.2, 0) is 10.0 Å². The molecule has 26 heavy (non-hydrogen) atoms. The Hall–Kier alpha value is -2.92. The van der Waals surface area contributed by atoms with E-state index in [0.29, 0.717) is 16.5 Å². The lowest BCUT2D eigenvalue weighted by Crippen LogP contribution is -2.13. The molecule has 0 atom stereocenters. The number of aromatic carboxylic acids is 1. The van der Waals surface area contributed by atoms with Crippen molar-refractivity contribution in [2.24, 2.45) is 0 Å². The van der Waals surface area contributed by atoms with E-state index in [1.54, 1.807) is 24.3 Å². The molecule has 0 spiro atoms. The maximum atomic E-state index is 12.5. The molecule has 0 fully saturated rings. The second kappa shape index (κ2) is 7.14. The van der Waals surface area contributed by atoms with Gasteiger partial charge in [-0.25, -0.2) is 13.2 Å². The first kappa shape index (κ1) is 17.9. The predicted molar refractivity (Wildman–Crippen MR) is 95.1 cm³/mol. The van der Waals surface area contributed by atoms with Gasteiger partial charge in [0, 0.05) is 0 Å². The molecule has 0 aliphatic heterocycles. The molecule has 0 saturated carbocycles. The summed E-state index contributed by atoms with van der Waals surface area (Å²) < 4.78 is 28.9. The summed E-state index contributed by atoms with van der Waals surface area (Å²) in [6.45, 7) is 0. The van der Waals surface area contributed by atoms with Gasteiger partial charge in [0.1, 0.15) is 0 Å². The third-order valence-electron chi connectivity index (χ3n) is 3.38. The molecule has 1 aromatic heterocycles. The van der Waals surface area contributed by atoms with Gasteiger partial charge in [0.05, 0.1) is 21.8 Å². The number of hydrogen-bond donors (Lipinski definition) is 2. The van der Waals surface area contributed by atoms with Crippen LogP contribution >= 0.6 is 11.8 Å². The summed E-state index contributed by atoms with van der Waals surface area (Å²) in [6.07, 6.45) is 1.83. The van der Waals surface area contributed by atoms with Crippen LogP contribution < -0.4 is 4.72 Å². The summed E-state index contributed by atoms with van der Waals surface area (Å²) in [5, 5.41) is 20.8. The fourth-order valence-electron chi connectivity index (χ4n) is 2.16. The Balaban J connectivity index is 1.88. The third kappa shape index (κ3) is 3.68. The largest absolute Gasteiger partial charge is 0.478 e. The van der Waals surface area contributed by atoms with Gasteiger partial charge < -0.3 is 5.11 Å². The molecule has 0 aliphatic carbocycles. The maximum absolute atomic E-state index is 12.5. The molecule has 134 valence electrons. The molecule has 9 nitrogen and oxygen atoms in total. The number of hydrogen-bond acceptors (Lipinski definition) is 7. The van der Waals surface area contributed by atoms with Crippen molar-refractivity contribution in [3.63, 3.8) is 0 Å². The van der Waals surface area contributed by atoms with Gasteiger partial charge >= 0.3 is 5.97 Å². The second-order valence-electron chi connectivity index (χ2n) is 5.06. The van der Waals surface area contributed by atoms with E-state index >= 15 is 0 Å². The average Bonchev–Trinajstić information content (AvgIpc) is 3.10. The van der Waals surface area contributed by atoms with Crippen molar-refractivity contribution >= 4 is 33.4 Å². The number of nitrogens with zero attached hydrogens (tertiary/aromatic N) is 4. The number of carboxylic acids is 1. The molecule has 3 aromatic rings. The van der Waals surface area contributed by atoms with Gasteiger partial charge in [0.15, 0.2) is 0 Å². The van der Waals surface area contributed by atoms with E-state index in [4.69, 9.17) is 5.11 Å². The lowest BCUT2D eigenvalue weighted by molar-refractivity contribution is 0.0696. The lowest BCUT2D eigenvalue weighted by atomic mass is 10.2. The van der Waals surface area contributed by atoms with Crippen LogP contribution in [0.3, 0.4) is 0 Å². The highest BCUT2D eigenvalue weighted by Crippen LogP contribution is 2.21. The van der Waals surface area contributed by atoms with Crippen LogP contribution in [0.15, 0.2) is 58.6 Å². The van der Waals surface area contributed by atoms with E-state index in [1.807, 2.05) is 6.26 Å². The van der Waals surface area contributed by atoms with Crippen LogP contribution in [0, 0.1) is 0 Å². The van der Waals surface area contributed by atoms with Gasteiger partial charge in [-0.15, -0.1) is 5.10 Å². The van der Waals surface area contributed by atoms with Crippen LogP contribution in [0.25, 0.3) is 5.69 Å². The highest BCUT2D eigenvalue weighted by atomic mass is 32.2. The van der Waals surface area contributed by atoms with Crippen molar-refractivity contribution in [1.82, 2.24) is 20.2 Å². The molecular formula is C15H13N5O4S2. The van der Waals surface area contributed by atoms with E-state index in [-0.39, 0.29) is 10.5 Å². The van der Waals surface area contributed by atoms with Crippen molar-refractivity contribution in [2.75, 3.05) is 11.0 Å². The number of anilines is 1. The number of sulfonamides is 1. The highest BCUT2D eigenvalue weighted by molar-refractivity contribution is 7.98. The molecule has 0 amide bonds. The van der Waals surface area contributed by atoms with E-state index in [2.05, 4.69) is 20.2 Å². The average molecular weight is 391 g/mol. The van der Waals surface area contributed by atoms with E-state index in [1.165, 1.54) is 40.7 Å². The Morgan fingerprint density at radius 1 is 1.19 bits per heavy atom. The van der Waals surface area contributed by atoms with Crippen LogP contribution in [0.1, 0.15) is 10.4 Å². The number of aromatic nitrogens is 4. The zero-order valence-electron chi connectivity index (χ0n) is 13.4. The van der Waals surface area contributed by atoms with Gasteiger partial charge in [-0.2, -0.15) is 4.68 Å². The molecule has 0 aliphatic rings. The number of tetrazole rings is 1. The number of thioether (sulfide) groups is 1. The normalized spacial score (nSPS) is 11.3. The van der Waals surface area contributed by atoms with Gasteiger partial charge in [-0.3, -0.25) is 4.72 Å². The summed E-state index contributed by atoms with van der Waals surface area (Å²) in [6, 6.07) is 11.6. The minimum atomic E-state index is -3.87. The first-order valence-corrected chi connectivity index (χ1v) is 9.90. The van der Waals surface area contributed by atoms with Crippen LogP contribution in [-0.4, -0.2) is 46.0 Å².